The van der Waals surface area contributed by atoms with Gasteiger partial charge in [0.05, 0.1) is 6.61 Å². The van der Waals surface area contributed by atoms with E-state index in [4.69, 9.17) is 11.6 Å². The molecule has 0 aromatic heterocycles. The number of piperidine rings is 1. The van der Waals surface area contributed by atoms with Crippen molar-refractivity contribution in [3.8, 4) is 11.8 Å². The number of hydrogen-bond donors (Lipinski definition) is 2. The van der Waals surface area contributed by atoms with Gasteiger partial charge in [-0.25, -0.2) is 0 Å². The number of hydrogen-bond acceptors (Lipinski definition) is 3. The number of rotatable bonds is 5. The van der Waals surface area contributed by atoms with Crippen molar-refractivity contribution in [2.24, 2.45) is 5.41 Å². The van der Waals surface area contributed by atoms with Crippen molar-refractivity contribution in [2.45, 2.75) is 45.3 Å². The summed E-state index contributed by atoms with van der Waals surface area (Å²) < 4.78 is 0. The number of likely N-dealkylation sites (tertiary alicyclic amines) is 1. The van der Waals surface area contributed by atoms with Crippen molar-refractivity contribution in [2.75, 3.05) is 19.7 Å². The summed E-state index contributed by atoms with van der Waals surface area (Å²) in [4.78, 5) is 2.43. The molecule has 1 aliphatic heterocycles. The van der Waals surface area contributed by atoms with E-state index in [1.807, 2.05) is 30.3 Å². The summed E-state index contributed by atoms with van der Waals surface area (Å²) in [6.07, 6.45) is 2.94. The van der Waals surface area contributed by atoms with Crippen LogP contribution in [0.15, 0.2) is 48.5 Å². The lowest BCUT2D eigenvalue weighted by atomic mass is 9.75. The van der Waals surface area contributed by atoms with E-state index in [1.54, 1.807) is 13.8 Å². The molecule has 2 aromatic carbocycles. The van der Waals surface area contributed by atoms with Gasteiger partial charge in [0.25, 0.3) is 0 Å². The van der Waals surface area contributed by atoms with E-state index in [-0.39, 0.29) is 12.0 Å². The Balaban J connectivity index is 1.66. The lowest BCUT2D eigenvalue weighted by molar-refractivity contribution is 0.0288. The number of aliphatic hydroxyl groups is 2. The van der Waals surface area contributed by atoms with Gasteiger partial charge in [-0.05, 0) is 75.0 Å². The highest BCUT2D eigenvalue weighted by Crippen LogP contribution is 2.34. The second kappa shape index (κ2) is 9.32. The van der Waals surface area contributed by atoms with Crippen LogP contribution in [-0.2, 0) is 13.0 Å². The van der Waals surface area contributed by atoms with Gasteiger partial charge in [-0.2, -0.15) is 0 Å². The Bertz CT molecular complexity index is 876. The molecule has 154 valence electrons. The second-order valence-corrected chi connectivity index (χ2v) is 9.22. The molecule has 0 bridgehead atoms. The quantitative estimate of drug-likeness (QED) is 0.722. The van der Waals surface area contributed by atoms with Crippen LogP contribution < -0.4 is 0 Å². The molecule has 0 aliphatic carbocycles. The molecule has 29 heavy (non-hydrogen) atoms. The molecule has 1 aliphatic rings. The van der Waals surface area contributed by atoms with Crippen molar-refractivity contribution in [3.63, 3.8) is 0 Å². The van der Waals surface area contributed by atoms with Crippen molar-refractivity contribution in [3.05, 3.63) is 70.2 Å². The van der Waals surface area contributed by atoms with E-state index in [2.05, 4.69) is 34.9 Å². The Hall–Kier alpha value is -1.83. The molecule has 0 saturated carbocycles. The molecule has 2 aromatic rings. The third-order valence-corrected chi connectivity index (χ3v) is 5.65. The smallest absolute Gasteiger partial charge is 0.120 e. The average Bonchev–Trinajstić information content (AvgIpc) is 2.67. The van der Waals surface area contributed by atoms with Gasteiger partial charge in [0, 0.05) is 29.1 Å². The van der Waals surface area contributed by atoms with Crippen LogP contribution in [-0.4, -0.2) is 40.4 Å². The highest BCUT2D eigenvalue weighted by Gasteiger charge is 2.35. The Morgan fingerprint density at radius 1 is 1.14 bits per heavy atom. The van der Waals surface area contributed by atoms with Crippen molar-refractivity contribution in [1.82, 2.24) is 4.90 Å². The number of nitrogens with zero attached hydrogens (tertiary/aromatic N) is 1. The van der Waals surface area contributed by atoms with Gasteiger partial charge < -0.3 is 10.2 Å². The molecule has 0 amide bonds. The molecule has 0 spiro atoms. The average molecular weight is 412 g/mol. The van der Waals surface area contributed by atoms with Crippen LogP contribution in [0, 0.1) is 17.3 Å². The molecule has 1 heterocycles. The Morgan fingerprint density at radius 2 is 1.90 bits per heavy atom. The summed E-state index contributed by atoms with van der Waals surface area (Å²) in [5.74, 6) is 5.85. The van der Waals surface area contributed by atoms with Crippen LogP contribution in [0.1, 0.15) is 43.4 Å². The molecule has 0 radical (unpaired) electrons. The SMILES string of the molecule is CC(C)(O)C#Cc1ccc(CN2CCC[C@](CO)(Cc3cccc(Cl)c3)C2)cc1. The van der Waals surface area contributed by atoms with Crippen LogP contribution >= 0.6 is 11.6 Å². The zero-order chi connectivity index (χ0) is 20.9. The van der Waals surface area contributed by atoms with Crippen LogP contribution in [0.3, 0.4) is 0 Å². The summed E-state index contributed by atoms with van der Waals surface area (Å²) in [6.45, 7) is 6.31. The molecule has 2 N–H and O–H groups in total. The fourth-order valence-electron chi connectivity index (χ4n) is 4.03. The maximum absolute atomic E-state index is 10.2. The van der Waals surface area contributed by atoms with Gasteiger partial charge in [0.2, 0.25) is 0 Å². The second-order valence-electron chi connectivity index (χ2n) is 8.78. The standard InChI is InChI=1S/C25H30ClNO2/c1-24(2,29)13-11-20-7-9-21(10-8-20)17-27-14-4-12-25(18-27,19-28)16-22-5-3-6-23(26)15-22/h3,5-10,15,28-29H,4,12,14,16-19H2,1-2H3/t25-/m0/s1. The van der Waals surface area contributed by atoms with Gasteiger partial charge in [0.1, 0.15) is 5.60 Å². The summed E-state index contributed by atoms with van der Waals surface area (Å²) >= 11 is 6.15. The Labute approximate surface area is 179 Å². The minimum absolute atomic E-state index is 0.124. The minimum Gasteiger partial charge on any atom is -0.396 e. The lowest BCUT2D eigenvalue weighted by Crippen LogP contribution is -2.46. The summed E-state index contributed by atoms with van der Waals surface area (Å²) in [7, 11) is 0. The van der Waals surface area contributed by atoms with Crippen molar-refractivity contribution in [1.29, 1.82) is 0 Å². The summed E-state index contributed by atoms with van der Waals surface area (Å²) in [6, 6.07) is 16.2. The minimum atomic E-state index is -0.983. The van der Waals surface area contributed by atoms with E-state index in [0.717, 1.165) is 49.5 Å². The monoisotopic (exact) mass is 411 g/mol. The number of halogens is 1. The first-order chi connectivity index (χ1) is 13.8. The van der Waals surface area contributed by atoms with E-state index in [9.17, 15) is 10.2 Å². The third-order valence-electron chi connectivity index (χ3n) is 5.42. The van der Waals surface area contributed by atoms with E-state index < -0.39 is 5.60 Å². The molecule has 1 atom stereocenters. The van der Waals surface area contributed by atoms with Crippen LogP contribution in [0.5, 0.6) is 0 Å². The van der Waals surface area contributed by atoms with Gasteiger partial charge in [-0.1, -0.05) is 47.7 Å². The van der Waals surface area contributed by atoms with Gasteiger partial charge in [-0.3, -0.25) is 4.90 Å². The molecular formula is C25H30ClNO2. The molecule has 1 fully saturated rings. The zero-order valence-corrected chi connectivity index (χ0v) is 18.0. The zero-order valence-electron chi connectivity index (χ0n) is 17.3. The molecule has 4 heteroatoms. The largest absolute Gasteiger partial charge is 0.396 e. The summed E-state index contributed by atoms with van der Waals surface area (Å²) in [5, 5.41) is 20.7. The Kier molecular flexibility index (Phi) is 7.03. The lowest BCUT2D eigenvalue weighted by Gasteiger charge is -2.42. The van der Waals surface area contributed by atoms with E-state index in [1.165, 1.54) is 11.1 Å². The molecule has 0 unspecified atom stereocenters. The van der Waals surface area contributed by atoms with Crippen LogP contribution in [0.2, 0.25) is 5.02 Å². The number of aliphatic hydroxyl groups excluding tert-OH is 1. The predicted molar refractivity (Wildman–Crippen MR) is 119 cm³/mol. The molecular weight excluding hydrogens is 382 g/mol. The van der Waals surface area contributed by atoms with Crippen molar-refractivity contribution >= 4 is 11.6 Å². The first-order valence-corrected chi connectivity index (χ1v) is 10.6. The molecule has 3 rings (SSSR count). The topological polar surface area (TPSA) is 43.7 Å². The third kappa shape index (κ3) is 6.59. The maximum Gasteiger partial charge on any atom is 0.120 e. The van der Waals surface area contributed by atoms with Gasteiger partial charge >= 0.3 is 0 Å². The molecule has 1 saturated heterocycles. The predicted octanol–water partition coefficient (Wildman–Crippen LogP) is 4.28. The fourth-order valence-corrected chi connectivity index (χ4v) is 4.24. The van der Waals surface area contributed by atoms with Crippen LogP contribution in [0.4, 0.5) is 0 Å². The summed E-state index contributed by atoms with van der Waals surface area (Å²) in [5.41, 5.74) is 2.21. The van der Waals surface area contributed by atoms with Gasteiger partial charge in [-0.15, -0.1) is 0 Å². The number of benzene rings is 2. The van der Waals surface area contributed by atoms with Crippen molar-refractivity contribution < 1.29 is 10.2 Å². The Morgan fingerprint density at radius 3 is 2.55 bits per heavy atom. The first-order valence-electron chi connectivity index (χ1n) is 10.2. The normalized spacial score (nSPS) is 20.2. The highest BCUT2D eigenvalue weighted by atomic mass is 35.5. The van der Waals surface area contributed by atoms with E-state index in [0.29, 0.717) is 0 Å². The van der Waals surface area contributed by atoms with Crippen LogP contribution in [0.25, 0.3) is 0 Å². The van der Waals surface area contributed by atoms with E-state index >= 15 is 0 Å². The fraction of sp³-hybridized carbons (Fsp3) is 0.440. The maximum atomic E-state index is 10.2. The first kappa shape index (κ1) is 21.9. The highest BCUT2D eigenvalue weighted by molar-refractivity contribution is 6.30. The molecule has 3 nitrogen and oxygen atoms in total. The van der Waals surface area contributed by atoms with Gasteiger partial charge in [0.15, 0.2) is 0 Å².